The van der Waals surface area contributed by atoms with Crippen molar-refractivity contribution in [2.45, 2.75) is 57.8 Å². The topological polar surface area (TPSA) is 44.7 Å². The van der Waals surface area contributed by atoms with E-state index >= 15 is 0 Å². The van der Waals surface area contributed by atoms with Crippen LogP contribution in [-0.4, -0.2) is 45.6 Å². The SMILES string of the molecule is CC(C)Oc1cccc(CN2CC[C@@]3(C[C@@H]2C)CN(c2ncccn2)SN3c2cccc(F)c2)c1. The molecule has 2 atom stereocenters. The molecule has 0 aliphatic carbocycles. The Bertz CT molecular complexity index is 1150. The highest BCUT2D eigenvalue weighted by molar-refractivity contribution is 8.02. The minimum Gasteiger partial charge on any atom is -0.491 e. The standard InChI is InChI=1S/C27H32FN5OS/c1-20(2)34-25-10-4-7-22(15-25)18-31-14-11-27(17-21(31)3)19-32(26-29-12-6-13-30-26)35-33(27)24-9-5-8-23(28)16-24/h4-10,12-13,15-16,20-21H,11,14,17-19H2,1-3H3/t21-,27+/m0/s1. The zero-order chi connectivity index (χ0) is 24.4. The third-order valence-corrected chi connectivity index (χ3v) is 7.94. The zero-order valence-corrected chi connectivity index (χ0v) is 21.3. The maximum Gasteiger partial charge on any atom is 0.236 e. The normalized spacial score (nSPS) is 22.8. The molecule has 0 saturated carbocycles. The van der Waals surface area contributed by atoms with Gasteiger partial charge in [0.15, 0.2) is 0 Å². The summed E-state index contributed by atoms with van der Waals surface area (Å²) < 4.78 is 24.5. The van der Waals surface area contributed by atoms with Crippen LogP contribution in [0.15, 0.2) is 67.0 Å². The number of likely N-dealkylation sites (tertiary alicyclic amines) is 1. The molecule has 2 aromatic carbocycles. The fraction of sp³-hybridized carbons (Fsp3) is 0.407. The molecule has 3 aromatic rings. The number of halogens is 1. The van der Waals surface area contributed by atoms with Crippen molar-refractivity contribution in [1.29, 1.82) is 0 Å². The van der Waals surface area contributed by atoms with E-state index in [0.717, 1.165) is 43.9 Å². The van der Waals surface area contributed by atoms with Crippen LogP contribution in [0.3, 0.4) is 0 Å². The number of rotatable bonds is 6. The number of anilines is 2. The van der Waals surface area contributed by atoms with Crippen LogP contribution in [0.4, 0.5) is 16.0 Å². The van der Waals surface area contributed by atoms with Gasteiger partial charge in [0, 0.05) is 31.5 Å². The van der Waals surface area contributed by atoms with Crippen molar-refractivity contribution in [3.63, 3.8) is 0 Å². The van der Waals surface area contributed by atoms with E-state index in [2.05, 4.69) is 48.6 Å². The Balaban J connectivity index is 1.37. The molecule has 0 N–H and O–H groups in total. The molecule has 35 heavy (non-hydrogen) atoms. The second kappa shape index (κ2) is 10.0. The van der Waals surface area contributed by atoms with E-state index < -0.39 is 0 Å². The first-order valence-corrected chi connectivity index (χ1v) is 12.9. The number of hydrogen-bond donors (Lipinski definition) is 0. The van der Waals surface area contributed by atoms with Gasteiger partial charge < -0.3 is 4.74 Å². The molecule has 184 valence electrons. The number of aromatic nitrogens is 2. The first-order chi connectivity index (χ1) is 16.9. The molecule has 2 aliphatic heterocycles. The van der Waals surface area contributed by atoms with Crippen LogP contribution in [0.2, 0.25) is 0 Å². The van der Waals surface area contributed by atoms with Gasteiger partial charge in [0.2, 0.25) is 5.95 Å². The number of hydrogen-bond acceptors (Lipinski definition) is 7. The third kappa shape index (κ3) is 5.23. The van der Waals surface area contributed by atoms with Crippen molar-refractivity contribution < 1.29 is 9.13 Å². The molecule has 0 radical (unpaired) electrons. The smallest absolute Gasteiger partial charge is 0.236 e. The van der Waals surface area contributed by atoms with Crippen molar-refractivity contribution in [2.24, 2.45) is 0 Å². The maximum atomic E-state index is 14.2. The summed E-state index contributed by atoms with van der Waals surface area (Å²) in [5.74, 6) is 1.39. The molecule has 2 saturated heterocycles. The Kier molecular flexibility index (Phi) is 6.84. The van der Waals surface area contributed by atoms with Gasteiger partial charge in [-0.1, -0.05) is 18.2 Å². The lowest BCUT2D eigenvalue weighted by molar-refractivity contribution is 0.107. The predicted molar refractivity (Wildman–Crippen MR) is 140 cm³/mol. The van der Waals surface area contributed by atoms with Crippen LogP contribution in [-0.2, 0) is 6.54 Å². The number of nitrogens with zero attached hydrogens (tertiary/aromatic N) is 5. The van der Waals surface area contributed by atoms with E-state index in [1.54, 1.807) is 36.7 Å². The van der Waals surface area contributed by atoms with Crippen LogP contribution in [0.1, 0.15) is 39.2 Å². The van der Waals surface area contributed by atoms with E-state index in [4.69, 9.17) is 4.74 Å². The summed E-state index contributed by atoms with van der Waals surface area (Å²) in [5, 5.41) is 0. The summed E-state index contributed by atoms with van der Waals surface area (Å²) in [7, 11) is 0. The second-order valence-electron chi connectivity index (χ2n) is 9.75. The molecule has 1 spiro atoms. The van der Waals surface area contributed by atoms with E-state index in [1.165, 1.54) is 11.6 Å². The molecule has 3 heterocycles. The van der Waals surface area contributed by atoms with Crippen molar-refractivity contribution in [2.75, 3.05) is 21.7 Å². The molecule has 6 nitrogen and oxygen atoms in total. The van der Waals surface area contributed by atoms with Crippen molar-refractivity contribution >= 4 is 23.8 Å². The van der Waals surface area contributed by atoms with Crippen LogP contribution in [0.25, 0.3) is 0 Å². The van der Waals surface area contributed by atoms with Gasteiger partial charge >= 0.3 is 0 Å². The molecule has 8 heteroatoms. The molecular formula is C27H32FN5OS. The largest absolute Gasteiger partial charge is 0.491 e. The highest BCUT2D eigenvalue weighted by Crippen LogP contribution is 2.48. The van der Waals surface area contributed by atoms with Crippen LogP contribution >= 0.6 is 12.1 Å². The molecule has 0 amide bonds. The van der Waals surface area contributed by atoms with E-state index in [1.807, 2.05) is 32.0 Å². The summed E-state index contributed by atoms with van der Waals surface area (Å²) in [6, 6.07) is 17.5. The minimum atomic E-state index is -0.221. The van der Waals surface area contributed by atoms with Gasteiger partial charge in [0.05, 0.1) is 36.0 Å². The second-order valence-corrected chi connectivity index (χ2v) is 10.7. The van der Waals surface area contributed by atoms with Gasteiger partial charge in [-0.15, -0.1) is 0 Å². The van der Waals surface area contributed by atoms with Gasteiger partial charge in [-0.25, -0.2) is 14.4 Å². The molecule has 0 bridgehead atoms. The fourth-order valence-electron chi connectivity index (χ4n) is 5.14. The third-order valence-electron chi connectivity index (χ3n) is 6.69. The fourth-order valence-corrected chi connectivity index (χ4v) is 6.40. The molecular weight excluding hydrogens is 461 g/mol. The van der Waals surface area contributed by atoms with Gasteiger partial charge in [-0.3, -0.25) is 13.5 Å². The Morgan fingerprint density at radius 1 is 1.11 bits per heavy atom. The molecule has 0 unspecified atom stereocenters. The van der Waals surface area contributed by atoms with Crippen LogP contribution in [0, 0.1) is 5.82 Å². The molecule has 1 aromatic heterocycles. The highest BCUT2D eigenvalue weighted by atomic mass is 32.2. The van der Waals surface area contributed by atoms with Crippen LogP contribution in [0.5, 0.6) is 5.75 Å². The van der Waals surface area contributed by atoms with E-state index in [-0.39, 0.29) is 17.5 Å². The summed E-state index contributed by atoms with van der Waals surface area (Å²) in [4.78, 5) is 11.5. The van der Waals surface area contributed by atoms with E-state index in [0.29, 0.717) is 12.0 Å². The Morgan fingerprint density at radius 3 is 2.66 bits per heavy atom. The summed E-state index contributed by atoms with van der Waals surface area (Å²) in [6.45, 7) is 9.01. The Morgan fingerprint density at radius 2 is 1.91 bits per heavy atom. The number of piperidine rings is 1. The quantitative estimate of drug-likeness (QED) is 0.407. The predicted octanol–water partition coefficient (Wildman–Crippen LogP) is 5.72. The van der Waals surface area contributed by atoms with Gasteiger partial charge in [0.25, 0.3) is 0 Å². The average molecular weight is 494 g/mol. The van der Waals surface area contributed by atoms with Crippen molar-refractivity contribution in [1.82, 2.24) is 14.9 Å². The minimum absolute atomic E-state index is 0.143. The van der Waals surface area contributed by atoms with Crippen LogP contribution < -0.4 is 13.3 Å². The van der Waals surface area contributed by atoms with Gasteiger partial charge in [-0.05, 0) is 75.6 Å². The average Bonchev–Trinajstić information content (AvgIpc) is 3.20. The lowest BCUT2D eigenvalue weighted by atomic mass is 9.82. The molecule has 2 aliphatic rings. The lowest BCUT2D eigenvalue weighted by Crippen LogP contribution is -2.56. The molecule has 2 fully saturated rings. The number of ether oxygens (including phenoxy) is 1. The van der Waals surface area contributed by atoms with Crippen molar-refractivity contribution in [3.05, 3.63) is 78.4 Å². The lowest BCUT2D eigenvalue weighted by Gasteiger charge is -2.47. The Hall–Kier alpha value is -2.84. The van der Waals surface area contributed by atoms with Gasteiger partial charge in [-0.2, -0.15) is 0 Å². The summed E-state index contributed by atoms with van der Waals surface area (Å²) in [6.07, 6.45) is 5.61. The number of benzene rings is 2. The van der Waals surface area contributed by atoms with Crippen molar-refractivity contribution in [3.8, 4) is 5.75 Å². The summed E-state index contributed by atoms with van der Waals surface area (Å²) in [5.41, 5.74) is 2.00. The van der Waals surface area contributed by atoms with E-state index in [9.17, 15) is 4.39 Å². The van der Waals surface area contributed by atoms with Gasteiger partial charge in [0.1, 0.15) is 11.6 Å². The monoisotopic (exact) mass is 493 g/mol. The molecule has 5 rings (SSSR count). The first-order valence-electron chi connectivity index (χ1n) is 12.2. The maximum absolute atomic E-state index is 14.2. The first kappa shape index (κ1) is 23.9. The highest BCUT2D eigenvalue weighted by Gasteiger charge is 2.50. The Labute approximate surface area is 211 Å². The summed E-state index contributed by atoms with van der Waals surface area (Å²) >= 11 is 1.59. The zero-order valence-electron chi connectivity index (χ0n) is 20.5.